The van der Waals surface area contributed by atoms with Crippen LogP contribution in [0.2, 0.25) is 0 Å². The van der Waals surface area contributed by atoms with Crippen LogP contribution in [0.4, 0.5) is 0 Å². The number of hydrogen-bond donors (Lipinski definition) is 2. The molecule has 0 bridgehead atoms. The van der Waals surface area contributed by atoms with Crippen molar-refractivity contribution in [2.45, 2.75) is 19.6 Å². The van der Waals surface area contributed by atoms with Gasteiger partial charge in [-0.15, -0.1) is 0 Å². The number of nitrogens with one attached hydrogen (secondary N) is 2. The standard InChI is InChI=1S/C22H24N4O4/c27-20(15-26-22(29)19-4-2-1-3-18(19)21(28)24-26)23-13-16-5-7-17(8-6-16)14-25-9-11-30-12-10-25/h1-8H,9-15H2,(H,23,27)(H,24,28). The van der Waals surface area contributed by atoms with Crippen molar-refractivity contribution in [2.75, 3.05) is 26.3 Å². The Kier molecular flexibility index (Phi) is 6.06. The number of hydrogen-bond acceptors (Lipinski definition) is 5. The fraction of sp³-hybridized carbons (Fsp3) is 0.318. The van der Waals surface area contributed by atoms with E-state index >= 15 is 0 Å². The predicted molar refractivity (Wildman–Crippen MR) is 113 cm³/mol. The molecule has 1 fully saturated rings. The molecule has 1 aliphatic rings. The summed E-state index contributed by atoms with van der Waals surface area (Å²) in [5.74, 6) is -0.347. The minimum atomic E-state index is -0.396. The molecule has 4 rings (SSSR count). The lowest BCUT2D eigenvalue weighted by Crippen LogP contribution is -2.36. The lowest BCUT2D eigenvalue weighted by molar-refractivity contribution is -0.122. The number of nitrogens with zero attached hydrogens (tertiary/aromatic N) is 2. The van der Waals surface area contributed by atoms with Gasteiger partial charge in [-0.25, -0.2) is 4.68 Å². The van der Waals surface area contributed by atoms with Crippen LogP contribution in [-0.4, -0.2) is 46.9 Å². The average molecular weight is 408 g/mol. The molecule has 0 spiro atoms. The third kappa shape index (κ3) is 4.67. The first-order valence-corrected chi connectivity index (χ1v) is 9.96. The van der Waals surface area contributed by atoms with Crippen LogP contribution in [-0.2, 0) is 29.2 Å². The number of fused-ring (bicyclic) bond motifs is 1. The Morgan fingerprint density at radius 2 is 1.63 bits per heavy atom. The average Bonchev–Trinajstić information content (AvgIpc) is 2.77. The Hall–Kier alpha value is -3.23. The minimum Gasteiger partial charge on any atom is -0.379 e. The Bertz CT molecular complexity index is 1140. The summed E-state index contributed by atoms with van der Waals surface area (Å²) in [4.78, 5) is 39.3. The van der Waals surface area contributed by atoms with Crippen LogP contribution in [0.25, 0.3) is 10.8 Å². The molecule has 1 aliphatic heterocycles. The molecule has 2 N–H and O–H groups in total. The van der Waals surface area contributed by atoms with Gasteiger partial charge in [0.2, 0.25) is 5.91 Å². The first-order valence-electron chi connectivity index (χ1n) is 9.96. The van der Waals surface area contributed by atoms with Gasteiger partial charge in [0.05, 0.1) is 24.0 Å². The van der Waals surface area contributed by atoms with E-state index in [0.717, 1.165) is 43.1 Å². The fourth-order valence-corrected chi connectivity index (χ4v) is 3.54. The quantitative estimate of drug-likeness (QED) is 0.630. The molecule has 0 atom stereocenters. The number of carbonyl (C=O) groups excluding carboxylic acids is 1. The second kappa shape index (κ2) is 9.06. The van der Waals surface area contributed by atoms with E-state index in [-0.39, 0.29) is 12.5 Å². The first-order chi connectivity index (χ1) is 14.6. The van der Waals surface area contributed by atoms with Crippen molar-refractivity contribution in [2.24, 2.45) is 0 Å². The molecule has 1 saturated heterocycles. The number of amides is 1. The van der Waals surface area contributed by atoms with Gasteiger partial charge in [-0.05, 0) is 23.3 Å². The zero-order valence-electron chi connectivity index (χ0n) is 16.6. The van der Waals surface area contributed by atoms with Gasteiger partial charge in [-0.2, -0.15) is 0 Å². The minimum absolute atomic E-state index is 0.242. The van der Waals surface area contributed by atoms with E-state index in [1.165, 1.54) is 5.56 Å². The van der Waals surface area contributed by atoms with Crippen molar-refractivity contribution < 1.29 is 9.53 Å². The molecule has 30 heavy (non-hydrogen) atoms. The molecule has 0 unspecified atom stereocenters. The van der Waals surface area contributed by atoms with Gasteiger partial charge in [0.15, 0.2) is 0 Å². The summed E-state index contributed by atoms with van der Waals surface area (Å²) < 4.78 is 6.41. The van der Waals surface area contributed by atoms with E-state index in [4.69, 9.17) is 4.74 Å². The van der Waals surface area contributed by atoms with Crippen molar-refractivity contribution in [1.29, 1.82) is 0 Å². The van der Waals surface area contributed by atoms with E-state index in [0.29, 0.717) is 17.3 Å². The Labute approximate surface area is 173 Å². The molecule has 0 radical (unpaired) electrons. The summed E-state index contributed by atoms with van der Waals surface area (Å²) in [7, 11) is 0. The summed E-state index contributed by atoms with van der Waals surface area (Å²) >= 11 is 0. The van der Waals surface area contributed by atoms with E-state index in [1.807, 2.05) is 12.1 Å². The lowest BCUT2D eigenvalue weighted by Gasteiger charge is -2.26. The summed E-state index contributed by atoms with van der Waals surface area (Å²) in [6.07, 6.45) is 0. The highest BCUT2D eigenvalue weighted by Crippen LogP contribution is 2.09. The summed E-state index contributed by atoms with van der Waals surface area (Å²) in [5, 5.41) is 5.88. The molecular weight excluding hydrogens is 384 g/mol. The zero-order chi connectivity index (χ0) is 20.9. The summed E-state index contributed by atoms with van der Waals surface area (Å²) in [6, 6.07) is 14.6. The molecular formula is C22H24N4O4. The van der Waals surface area contributed by atoms with Gasteiger partial charge in [0.1, 0.15) is 6.54 Å². The van der Waals surface area contributed by atoms with Crippen LogP contribution in [0, 0.1) is 0 Å². The molecule has 1 aromatic heterocycles. The highest BCUT2D eigenvalue weighted by Gasteiger charge is 2.12. The number of rotatable bonds is 6. The maximum atomic E-state index is 12.5. The molecule has 8 heteroatoms. The Balaban J connectivity index is 1.35. The second-order valence-electron chi connectivity index (χ2n) is 7.36. The van der Waals surface area contributed by atoms with Gasteiger partial charge in [-0.1, -0.05) is 36.4 Å². The third-order valence-electron chi connectivity index (χ3n) is 5.21. The normalized spacial score (nSPS) is 14.7. The largest absolute Gasteiger partial charge is 0.379 e. The molecule has 156 valence electrons. The number of aromatic amines is 1. The topological polar surface area (TPSA) is 96.4 Å². The predicted octanol–water partition coefficient (Wildman–Crippen LogP) is 0.838. The SMILES string of the molecule is O=C(Cn1[nH]c(=O)c2ccccc2c1=O)NCc1ccc(CN2CCOCC2)cc1. The number of morpholine rings is 1. The van der Waals surface area contributed by atoms with Crippen LogP contribution >= 0.6 is 0 Å². The van der Waals surface area contributed by atoms with Gasteiger partial charge < -0.3 is 10.1 Å². The monoisotopic (exact) mass is 408 g/mol. The molecule has 3 aromatic rings. The van der Waals surface area contributed by atoms with Gasteiger partial charge >= 0.3 is 0 Å². The van der Waals surface area contributed by atoms with Crippen LogP contribution in [0.1, 0.15) is 11.1 Å². The lowest BCUT2D eigenvalue weighted by atomic mass is 10.1. The maximum absolute atomic E-state index is 12.5. The van der Waals surface area contributed by atoms with Crippen LogP contribution in [0.5, 0.6) is 0 Å². The highest BCUT2D eigenvalue weighted by molar-refractivity contribution is 5.81. The fourth-order valence-electron chi connectivity index (χ4n) is 3.54. The number of carbonyl (C=O) groups is 1. The van der Waals surface area contributed by atoms with E-state index in [2.05, 4.69) is 27.4 Å². The molecule has 1 amide bonds. The first kappa shape index (κ1) is 20.1. The second-order valence-corrected chi connectivity index (χ2v) is 7.36. The van der Waals surface area contributed by atoms with Crippen molar-refractivity contribution in [3.63, 3.8) is 0 Å². The van der Waals surface area contributed by atoms with Gasteiger partial charge in [0, 0.05) is 26.2 Å². The third-order valence-corrected chi connectivity index (χ3v) is 5.21. The number of benzene rings is 2. The van der Waals surface area contributed by atoms with E-state index in [9.17, 15) is 14.4 Å². The molecule has 2 aromatic carbocycles. The highest BCUT2D eigenvalue weighted by atomic mass is 16.5. The molecule has 2 heterocycles. The van der Waals surface area contributed by atoms with Crippen molar-refractivity contribution in [3.8, 4) is 0 Å². The number of aromatic nitrogens is 2. The summed E-state index contributed by atoms with van der Waals surface area (Å²) in [6.45, 7) is 4.42. The summed E-state index contributed by atoms with van der Waals surface area (Å²) in [5.41, 5.74) is 1.39. The van der Waals surface area contributed by atoms with Crippen molar-refractivity contribution >= 4 is 16.7 Å². The Morgan fingerprint density at radius 1 is 0.967 bits per heavy atom. The van der Waals surface area contributed by atoms with Gasteiger partial charge in [0.25, 0.3) is 11.1 Å². The van der Waals surface area contributed by atoms with Crippen molar-refractivity contribution in [3.05, 3.63) is 80.4 Å². The van der Waals surface area contributed by atoms with Crippen molar-refractivity contribution in [1.82, 2.24) is 20.0 Å². The Morgan fingerprint density at radius 3 is 2.37 bits per heavy atom. The smallest absolute Gasteiger partial charge is 0.273 e. The maximum Gasteiger partial charge on any atom is 0.273 e. The van der Waals surface area contributed by atoms with Gasteiger partial charge in [-0.3, -0.25) is 24.4 Å². The number of H-pyrrole nitrogens is 1. The zero-order valence-corrected chi connectivity index (χ0v) is 16.6. The molecule has 8 nitrogen and oxygen atoms in total. The van der Waals surface area contributed by atoms with Crippen LogP contribution in [0.3, 0.4) is 0 Å². The van der Waals surface area contributed by atoms with Crippen LogP contribution in [0.15, 0.2) is 58.1 Å². The molecule has 0 aliphatic carbocycles. The van der Waals surface area contributed by atoms with Crippen LogP contribution < -0.4 is 16.4 Å². The number of ether oxygens (including phenoxy) is 1. The molecule has 0 saturated carbocycles. The van der Waals surface area contributed by atoms with E-state index < -0.39 is 11.1 Å². The van der Waals surface area contributed by atoms with E-state index in [1.54, 1.807) is 24.3 Å².